The van der Waals surface area contributed by atoms with Crippen molar-refractivity contribution in [1.29, 1.82) is 0 Å². The summed E-state index contributed by atoms with van der Waals surface area (Å²) in [6.45, 7) is 5.95. The zero-order valence-electron chi connectivity index (χ0n) is 16.0. The third-order valence-electron chi connectivity index (χ3n) is 4.95. The summed E-state index contributed by atoms with van der Waals surface area (Å²) in [5, 5.41) is 6.13. The minimum atomic E-state index is -0.133. The van der Waals surface area contributed by atoms with Gasteiger partial charge in [-0.1, -0.05) is 31.2 Å². The molecule has 1 aliphatic heterocycles. The molecule has 1 heterocycles. The quantitative estimate of drug-likeness (QED) is 0.817. The summed E-state index contributed by atoms with van der Waals surface area (Å²) in [4.78, 5) is 26.7. The highest BCUT2D eigenvalue weighted by molar-refractivity contribution is 5.98. The molecule has 142 valence electrons. The van der Waals surface area contributed by atoms with Crippen LogP contribution in [0.5, 0.6) is 0 Å². The lowest BCUT2D eigenvalue weighted by molar-refractivity contribution is -0.114. The third-order valence-corrected chi connectivity index (χ3v) is 4.95. The van der Waals surface area contributed by atoms with Gasteiger partial charge >= 0.3 is 0 Å². The van der Waals surface area contributed by atoms with E-state index in [4.69, 9.17) is 0 Å². The van der Waals surface area contributed by atoms with Crippen molar-refractivity contribution in [1.82, 2.24) is 4.90 Å². The fourth-order valence-corrected chi connectivity index (χ4v) is 3.48. The number of rotatable bonds is 6. The van der Waals surface area contributed by atoms with Crippen LogP contribution in [0.2, 0.25) is 0 Å². The molecule has 3 rings (SSSR count). The standard InChI is InChI=1S/C22H27N3O2/c1-3-17-9-6-8-16(2)21(17)23-15-20(26)24-19-11-7-10-18(14-19)22(27)25-12-4-5-13-25/h6-11,14,23H,3-5,12-13,15H2,1-2H3,(H,24,26). The molecule has 0 radical (unpaired) electrons. The molecule has 1 aliphatic rings. The molecule has 2 aromatic rings. The van der Waals surface area contributed by atoms with E-state index in [0.29, 0.717) is 11.3 Å². The number of anilines is 2. The second-order valence-electron chi connectivity index (χ2n) is 6.94. The van der Waals surface area contributed by atoms with Crippen molar-refractivity contribution in [2.24, 2.45) is 0 Å². The molecule has 1 fully saturated rings. The molecule has 2 amide bonds. The van der Waals surface area contributed by atoms with Gasteiger partial charge in [-0.2, -0.15) is 0 Å². The number of hydrogen-bond donors (Lipinski definition) is 2. The van der Waals surface area contributed by atoms with E-state index < -0.39 is 0 Å². The predicted molar refractivity (Wildman–Crippen MR) is 109 cm³/mol. The molecule has 0 atom stereocenters. The summed E-state index contributed by atoms with van der Waals surface area (Å²) >= 11 is 0. The molecule has 0 saturated carbocycles. The SMILES string of the molecule is CCc1cccc(C)c1NCC(=O)Nc1cccc(C(=O)N2CCCC2)c1. The summed E-state index contributed by atoms with van der Waals surface area (Å²) in [7, 11) is 0. The van der Waals surface area contributed by atoms with Gasteiger partial charge in [0.15, 0.2) is 0 Å². The molecular formula is C22H27N3O2. The summed E-state index contributed by atoms with van der Waals surface area (Å²) in [6.07, 6.45) is 3.03. The Bertz CT molecular complexity index is 826. The largest absolute Gasteiger partial charge is 0.376 e. The predicted octanol–water partition coefficient (Wildman–Crippen LogP) is 3.84. The monoisotopic (exact) mass is 365 g/mol. The number of hydrogen-bond acceptors (Lipinski definition) is 3. The number of aryl methyl sites for hydroxylation is 2. The lowest BCUT2D eigenvalue weighted by atomic mass is 10.1. The average Bonchev–Trinajstić information content (AvgIpc) is 3.21. The second kappa shape index (κ2) is 8.71. The van der Waals surface area contributed by atoms with Crippen LogP contribution in [0.15, 0.2) is 42.5 Å². The van der Waals surface area contributed by atoms with Gasteiger partial charge in [-0.15, -0.1) is 0 Å². The Balaban J connectivity index is 1.61. The molecular weight excluding hydrogens is 338 g/mol. The van der Waals surface area contributed by atoms with E-state index in [2.05, 4.69) is 23.6 Å². The van der Waals surface area contributed by atoms with Crippen LogP contribution in [0.25, 0.3) is 0 Å². The smallest absolute Gasteiger partial charge is 0.253 e. The maximum absolute atomic E-state index is 12.5. The van der Waals surface area contributed by atoms with Crippen LogP contribution in [0.4, 0.5) is 11.4 Å². The summed E-state index contributed by atoms with van der Waals surface area (Å²) in [5.74, 6) is -0.0969. The Kier molecular flexibility index (Phi) is 6.12. The van der Waals surface area contributed by atoms with E-state index in [-0.39, 0.29) is 18.4 Å². The molecule has 5 heteroatoms. The summed E-state index contributed by atoms with van der Waals surface area (Å²) in [6, 6.07) is 13.3. The van der Waals surface area contributed by atoms with Crippen LogP contribution < -0.4 is 10.6 Å². The molecule has 5 nitrogen and oxygen atoms in total. The van der Waals surface area contributed by atoms with Crippen molar-refractivity contribution in [2.75, 3.05) is 30.3 Å². The highest BCUT2D eigenvalue weighted by Gasteiger charge is 2.19. The first-order valence-corrected chi connectivity index (χ1v) is 9.60. The van der Waals surface area contributed by atoms with Gasteiger partial charge in [0.1, 0.15) is 0 Å². The zero-order chi connectivity index (χ0) is 19.2. The van der Waals surface area contributed by atoms with Crippen LogP contribution in [0.3, 0.4) is 0 Å². The van der Waals surface area contributed by atoms with Gasteiger partial charge in [-0.3, -0.25) is 9.59 Å². The van der Waals surface area contributed by atoms with Crippen molar-refractivity contribution in [3.63, 3.8) is 0 Å². The van der Waals surface area contributed by atoms with Crippen LogP contribution in [-0.2, 0) is 11.2 Å². The Labute approximate surface area is 160 Å². The fourth-order valence-electron chi connectivity index (χ4n) is 3.48. The van der Waals surface area contributed by atoms with Gasteiger partial charge in [-0.25, -0.2) is 0 Å². The summed E-state index contributed by atoms with van der Waals surface area (Å²) < 4.78 is 0. The van der Waals surface area contributed by atoms with Gasteiger partial charge in [0.05, 0.1) is 6.54 Å². The van der Waals surface area contributed by atoms with E-state index in [9.17, 15) is 9.59 Å². The first-order valence-electron chi connectivity index (χ1n) is 9.60. The Morgan fingerprint density at radius 1 is 1.07 bits per heavy atom. The minimum absolute atomic E-state index is 0.0363. The zero-order valence-corrected chi connectivity index (χ0v) is 16.0. The van der Waals surface area contributed by atoms with Crippen LogP contribution in [0, 0.1) is 6.92 Å². The average molecular weight is 365 g/mol. The topological polar surface area (TPSA) is 61.4 Å². The van der Waals surface area contributed by atoms with E-state index in [1.165, 1.54) is 5.56 Å². The number of carbonyl (C=O) groups is 2. The highest BCUT2D eigenvalue weighted by Crippen LogP contribution is 2.21. The number of amides is 2. The Morgan fingerprint density at radius 3 is 2.56 bits per heavy atom. The van der Waals surface area contributed by atoms with E-state index >= 15 is 0 Å². The number of para-hydroxylation sites is 1. The van der Waals surface area contributed by atoms with Crippen LogP contribution in [0.1, 0.15) is 41.3 Å². The summed E-state index contributed by atoms with van der Waals surface area (Å²) in [5.41, 5.74) is 4.61. The first kappa shape index (κ1) is 19.0. The molecule has 2 N–H and O–H groups in total. The number of nitrogens with one attached hydrogen (secondary N) is 2. The molecule has 27 heavy (non-hydrogen) atoms. The second-order valence-corrected chi connectivity index (χ2v) is 6.94. The van der Waals surface area contributed by atoms with Crippen LogP contribution >= 0.6 is 0 Å². The number of benzene rings is 2. The maximum atomic E-state index is 12.5. The van der Waals surface area contributed by atoms with Crippen molar-refractivity contribution < 1.29 is 9.59 Å². The number of likely N-dealkylation sites (tertiary alicyclic amines) is 1. The van der Waals surface area contributed by atoms with Crippen molar-refractivity contribution in [2.45, 2.75) is 33.1 Å². The fraction of sp³-hybridized carbons (Fsp3) is 0.364. The number of nitrogens with zero attached hydrogens (tertiary/aromatic N) is 1. The lowest BCUT2D eigenvalue weighted by Crippen LogP contribution is -2.27. The molecule has 0 aliphatic carbocycles. The lowest BCUT2D eigenvalue weighted by Gasteiger charge is -2.16. The van der Waals surface area contributed by atoms with Crippen molar-refractivity contribution >= 4 is 23.2 Å². The molecule has 1 saturated heterocycles. The Hall–Kier alpha value is -2.82. The van der Waals surface area contributed by atoms with E-state index in [0.717, 1.165) is 43.6 Å². The number of carbonyl (C=O) groups excluding carboxylic acids is 2. The Morgan fingerprint density at radius 2 is 1.81 bits per heavy atom. The van der Waals surface area contributed by atoms with Crippen molar-refractivity contribution in [3.8, 4) is 0 Å². The molecule has 0 unspecified atom stereocenters. The van der Waals surface area contributed by atoms with Gasteiger partial charge in [-0.05, 0) is 55.5 Å². The minimum Gasteiger partial charge on any atom is -0.376 e. The first-order chi connectivity index (χ1) is 13.1. The normalized spacial score (nSPS) is 13.5. The molecule has 0 spiro atoms. The van der Waals surface area contributed by atoms with Crippen molar-refractivity contribution in [3.05, 3.63) is 59.2 Å². The van der Waals surface area contributed by atoms with Gasteiger partial charge < -0.3 is 15.5 Å². The molecule has 0 aromatic heterocycles. The highest BCUT2D eigenvalue weighted by atomic mass is 16.2. The van der Waals surface area contributed by atoms with Crippen LogP contribution in [-0.4, -0.2) is 36.3 Å². The molecule has 0 bridgehead atoms. The molecule has 2 aromatic carbocycles. The van der Waals surface area contributed by atoms with E-state index in [1.807, 2.05) is 36.1 Å². The van der Waals surface area contributed by atoms with Gasteiger partial charge in [0, 0.05) is 30.0 Å². The van der Waals surface area contributed by atoms with E-state index in [1.54, 1.807) is 12.1 Å². The van der Waals surface area contributed by atoms with Gasteiger partial charge in [0.25, 0.3) is 5.91 Å². The third kappa shape index (κ3) is 4.67. The van der Waals surface area contributed by atoms with Gasteiger partial charge in [0.2, 0.25) is 5.91 Å². The maximum Gasteiger partial charge on any atom is 0.253 e.